The Morgan fingerprint density at radius 1 is 1.27 bits per heavy atom. The molecule has 2 heterocycles. The third-order valence-electron chi connectivity index (χ3n) is 5.14. The Hall–Kier alpha value is -1.94. The topological polar surface area (TPSA) is 55.8 Å². The van der Waals surface area contributed by atoms with Crippen molar-refractivity contribution in [2.45, 2.75) is 25.4 Å². The number of aromatic nitrogens is 1. The zero-order valence-corrected chi connectivity index (χ0v) is 20.2. The van der Waals surface area contributed by atoms with Gasteiger partial charge in [-0.15, -0.1) is 24.0 Å². The molecule has 0 bridgehead atoms. The molecule has 0 saturated carbocycles. The number of hydrogen-bond acceptors (Lipinski definition) is 4. The van der Waals surface area contributed by atoms with Gasteiger partial charge >= 0.3 is 0 Å². The minimum atomic E-state index is -0.273. The van der Waals surface area contributed by atoms with Crippen molar-refractivity contribution in [3.8, 4) is 0 Å². The number of hydrogen-bond donors (Lipinski definition) is 2. The molecule has 2 N–H and O–H groups in total. The first kappa shape index (κ1) is 24.3. The minimum absolute atomic E-state index is 0. The lowest BCUT2D eigenvalue weighted by atomic mass is 10.1. The van der Waals surface area contributed by atoms with Crippen molar-refractivity contribution < 1.29 is 4.39 Å². The van der Waals surface area contributed by atoms with E-state index in [0.717, 1.165) is 25.5 Å². The zero-order chi connectivity index (χ0) is 20.6. The largest absolute Gasteiger partial charge is 0.357 e. The van der Waals surface area contributed by atoms with Crippen molar-refractivity contribution in [1.82, 2.24) is 20.5 Å². The van der Waals surface area contributed by atoms with E-state index in [4.69, 9.17) is 4.99 Å². The Morgan fingerprint density at radius 2 is 2.03 bits per heavy atom. The minimum Gasteiger partial charge on any atom is -0.357 e. The molecule has 2 unspecified atom stereocenters. The summed E-state index contributed by atoms with van der Waals surface area (Å²) in [5.41, 5.74) is 1.25. The van der Waals surface area contributed by atoms with Crippen LogP contribution in [0.2, 0.25) is 0 Å². The summed E-state index contributed by atoms with van der Waals surface area (Å²) >= 11 is 0. The average molecular weight is 526 g/mol. The molecule has 2 atom stereocenters. The van der Waals surface area contributed by atoms with Crippen LogP contribution in [0.15, 0.2) is 53.7 Å². The molecule has 1 fully saturated rings. The summed E-state index contributed by atoms with van der Waals surface area (Å²) < 4.78 is 14.0. The highest BCUT2D eigenvalue weighted by molar-refractivity contribution is 14.0. The molecule has 2 aromatic rings. The van der Waals surface area contributed by atoms with Crippen LogP contribution in [-0.4, -0.2) is 62.2 Å². The molecule has 1 aliphatic rings. The molecule has 0 spiro atoms. The van der Waals surface area contributed by atoms with Gasteiger partial charge in [-0.05, 0) is 45.1 Å². The fraction of sp³-hybridized carbons (Fsp3) is 0.455. The first-order chi connectivity index (χ1) is 14.1. The summed E-state index contributed by atoms with van der Waals surface area (Å²) in [5, 5.41) is 6.84. The molecule has 3 rings (SSSR count). The molecule has 1 aromatic carbocycles. The van der Waals surface area contributed by atoms with E-state index in [-0.39, 0.29) is 41.9 Å². The summed E-state index contributed by atoms with van der Waals surface area (Å²) in [5.74, 6) is 0.949. The predicted octanol–water partition coefficient (Wildman–Crippen LogP) is 3.28. The van der Waals surface area contributed by atoms with Crippen LogP contribution < -0.4 is 15.5 Å². The number of likely N-dealkylation sites (N-methyl/N-ethyl adjacent to an activating group) is 1. The number of pyridine rings is 1. The summed E-state index contributed by atoms with van der Waals surface area (Å²) in [6.07, 6.45) is 2.55. The number of nitrogens with zero attached hydrogens (tertiary/aromatic N) is 4. The second-order valence-electron chi connectivity index (χ2n) is 7.49. The van der Waals surface area contributed by atoms with E-state index >= 15 is 0 Å². The van der Waals surface area contributed by atoms with Crippen LogP contribution in [0.25, 0.3) is 0 Å². The first-order valence-corrected chi connectivity index (χ1v) is 10.2. The molecular formula is C22H32FIN6. The fourth-order valence-corrected chi connectivity index (χ4v) is 3.61. The van der Waals surface area contributed by atoms with Crippen molar-refractivity contribution in [2.24, 2.45) is 4.99 Å². The maximum Gasteiger partial charge on any atom is 0.191 e. The van der Waals surface area contributed by atoms with Crippen molar-refractivity contribution in [3.63, 3.8) is 0 Å². The maximum absolute atomic E-state index is 14.0. The number of guanidine groups is 1. The van der Waals surface area contributed by atoms with Crippen LogP contribution in [0.3, 0.4) is 0 Å². The maximum atomic E-state index is 14.0. The zero-order valence-electron chi connectivity index (χ0n) is 17.9. The van der Waals surface area contributed by atoms with Crippen LogP contribution in [-0.2, 0) is 0 Å². The van der Waals surface area contributed by atoms with Gasteiger partial charge in [-0.25, -0.2) is 9.37 Å². The monoisotopic (exact) mass is 526 g/mol. The van der Waals surface area contributed by atoms with Crippen LogP contribution in [0, 0.1) is 5.82 Å². The Kier molecular flexibility index (Phi) is 9.77. The molecular weight excluding hydrogens is 494 g/mol. The number of nitrogens with one attached hydrogen (secondary N) is 2. The molecule has 0 aliphatic carbocycles. The van der Waals surface area contributed by atoms with Gasteiger partial charge in [0.2, 0.25) is 0 Å². The number of halogens is 2. The van der Waals surface area contributed by atoms with Crippen molar-refractivity contribution in [2.75, 3.05) is 45.2 Å². The van der Waals surface area contributed by atoms with Gasteiger partial charge in [0, 0.05) is 31.9 Å². The van der Waals surface area contributed by atoms with E-state index in [1.54, 1.807) is 12.3 Å². The van der Waals surface area contributed by atoms with Crippen molar-refractivity contribution in [1.29, 1.82) is 0 Å². The lowest BCUT2D eigenvalue weighted by Gasteiger charge is -2.24. The number of aliphatic imine (C=N–C) groups is 1. The summed E-state index contributed by atoms with van der Waals surface area (Å²) in [7, 11) is 4.15. The second kappa shape index (κ2) is 12.0. The first-order valence-electron chi connectivity index (χ1n) is 10.2. The predicted molar refractivity (Wildman–Crippen MR) is 132 cm³/mol. The number of benzene rings is 1. The molecule has 6 nitrogen and oxygen atoms in total. The number of anilines is 1. The van der Waals surface area contributed by atoms with E-state index in [1.165, 1.54) is 11.6 Å². The average Bonchev–Trinajstić information content (AvgIpc) is 3.17. The van der Waals surface area contributed by atoms with Gasteiger partial charge < -0.3 is 20.4 Å². The van der Waals surface area contributed by atoms with Crippen LogP contribution in [0.5, 0.6) is 0 Å². The van der Waals surface area contributed by atoms with Crippen LogP contribution >= 0.6 is 24.0 Å². The van der Waals surface area contributed by atoms with Gasteiger partial charge in [0.05, 0.1) is 12.6 Å². The molecule has 164 valence electrons. The van der Waals surface area contributed by atoms with Gasteiger partial charge in [-0.2, -0.15) is 0 Å². The Morgan fingerprint density at radius 3 is 2.70 bits per heavy atom. The lowest BCUT2D eigenvalue weighted by Crippen LogP contribution is -2.45. The highest BCUT2D eigenvalue weighted by Gasteiger charge is 2.26. The quantitative estimate of drug-likeness (QED) is 0.330. The number of rotatable bonds is 7. The standard InChI is InChI=1S/C22H31FN6.HI/c1-4-24-22(26-15-20(28(2)3)17-9-6-5-7-10-17)27-18-12-14-29(16-18)21-19(23)11-8-13-25-21;/h5-11,13,18,20H,4,12,14-16H2,1-3H3,(H2,24,26,27);1H. The van der Waals surface area contributed by atoms with E-state index in [0.29, 0.717) is 18.9 Å². The third kappa shape index (κ3) is 6.53. The third-order valence-corrected chi connectivity index (χ3v) is 5.14. The molecule has 8 heteroatoms. The van der Waals surface area contributed by atoms with E-state index in [1.807, 2.05) is 11.0 Å². The van der Waals surface area contributed by atoms with Crippen molar-refractivity contribution >= 4 is 35.8 Å². The Bertz CT molecular complexity index is 801. The van der Waals surface area contributed by atoms with Gasteiger partial charge in [0.15, 0.2) is 17.6 Å². The van der Waals surface area contributed by atoms with Crippen LogP contribution in [0.4, 0.5) is 10.2 Å². The van der Waals surface area contributed by atoms with E-state index in [2.05, 4.69) is 65.8 Å². The summed E-state index contributed by atoms with van der Waals surface area (Å²) in [4.78, 5) is 13.2. The Balaban J connectivity index is 0.00000320. The Labute approximate surface area is 196 Å². The molecule has 0 radical (unpaired) electrons. The molecule has 1 aromatic heterocycles. The smallest absolute Gasteiger partial charge is 0.191 e. The van der Waals surface area contributed by atoms with E-state index < -0.39 is 0 Å². The highest BCUT2D eigenvalue weighted by Crippen LogP contribution is 2.21. The van der Waals surface area contributed by atoms with Gasteiger partial charge in [-0.1, -0.05) is 30.3 Å². The van der Waals surface area contributed by atoms with Gasteiger partial charge in [-0.3, -0.25) is 4.99 Å². The highest BCUT2D eigenvalue weighted by atomic mass is 127. The van der Waals surface area contributed by atoms with E-state index in [9.17, 15) is 4.39 Å². The van der Waals surface area contributed by atoms with Crippen molar-refractivity contribution in [3.05, 3.63) is 60.0 Å². The fourth-order valence-electron chi connectivity index (χ4n) is 3.61. The normalized spacial score (nSPS) is 17.6. The summed E-state index contributed by atoms with van der Waals surface area (Å²) in [6.45, 7) is 4.97. The van der Waals surface area contributed by atoms with Crippen LogP contribution in [0.1, 0.15) is 24.9 Å². The SMILES string of the molecule is CCNC(=NCC(c1ccccc1)N(C)C)NC1CCN(c2ncccc2F)C1.I. The summed E-state index contributed by atoms with van der Waals surface area (Å²) in [6, 6.07) is 13.9. The van der Waals surface area contributed by atoms with Gasteiger partial charge in [0.1, 0.15) is 0 Å². The molecule has 1 aliphatic heterocycles. The lowest BCUT2D eigenvalue weighted by molar-refractivity contribution is 0.306. The molecule has 1 saturated heterocycles. The van der Waals surface area contributed by atoms with Gasteiger partial charge in [0.25, 0.3) is 0 Å². The molecule has 30 heavy (non-hydrogen) atoms. The second-order valence-corrected chi connectivity index (χ2v) is 7.49. The molecule has 0 amide bonds.